The molecule has 6 rings (SSSR count). The Morgan fingerprint density at radius 1 is 1.15 bits per heavy atom. The highest BCUT2D eigenvalue weighted by atomic mass is 16.2. The number of amides is 2. The first-order valence-electron chi connectivity index (χ1n) is 11.8. The maximum Gasteiger partial charge on any atom is 0.272 e. The van der Waals surface area contributed by atoms with Gasteiger partial charge in [-0.2, -0.15) is 5.10 Å². The first-order chi connectivity index (χ1) is 16.1. The molecule has 7 nitrogen and oxygen atoms in total. The predicted molar refractivity (Wildman–Crippen MR) is 123 cm³/mol. The summed E-state index contributed by atoms with van der Waals surface area (Å²) in [5.41, 5.74) is 5.75. The van der Waals surface area contributed by atoms with E-state index in [0.29, 0.717) is 25.3 Å². The second kappa shape index (κ2) is 7.83. The van der Waals surface area contributed by atoms with Crippen LogP contribution >= 0.6 is 0 Å². The molecule has 1 aliphatic heterocycles. The van der Waals surface area contributed by atoms with E-state index in [9.17, 15) is 9.59 Å². The second-order valence-electron chi connectivity index (χ2n) is 9.62. The van der Waals surface area contributed by atoms with Crippen LogP contribution in [0.5, 0.6) is 0 Å². The van der Waals surface area contributed by atoms with Crippen molar-refractivity contribution in [3.05, 3.63) is 71.2 Å². The summed E-state index contributed by atoms with van der Waals surface area (Å²) in [4.78, 5) is 32.7. The number of carbonyl (C=O) groups excluding carboxylic acids is 2. The van der Waals surface area contributed by atoms with E-state index in [-0.39, 0.29) is 23.1 Å². The fraction of sp³-hybridized carbons (Fsp3) is 0.385. The maximum atomic E-state index is 13.6. The van der Waals surface area contributed by atoms with Crippen LogP contribution in [-0.4, -0.2) is 45.0 Å². The average Bonchev–Trinajstić information content (AvgIpc) is 3.45. The highest BCUT2D eigenvalue weighted by molar-refractivity contribution is 5.97. The van der Waals surface area contributed by atoms with Gasteiger partial charge in [0, 0.05) is 48.6 Å². The van der Waals surface area contributed by atoms with Crippen molar-refractivity contribution in [1.82, 2.24) is 25.4 Å². The summed E-state index contributed by atoms with van der Waals surface area (Å²) in [5.74, 6) is -0.169. The molecule has 2 aromatic heterocycles. The summed E-state index contributed by atoms with van der Waals surface area (Å²) < 4.78 is 0. The van der Waals surface area contributed by atoms with Gasteiger partial charge in [-0.3, -0.25) is 19.7 Å². The molecule has 2 amide bonds. The fourth-order valence-electron chi connectivity index (χ4n) is 5.83. The lowest BCUT2D eigenvalue weighted by Crippen LogP contribution is -2.45. The van der Waals surface area contributed by atoms with E-state index in [1.165, 1.54) is 5.56 Å². The van der Waals surface area contributed by atoms with Gasteiger partial charge in [-0.15, -0.1) is 0 Å². The van der Waals surface area contributed by atoms with Crippen molar-refractivity contribution in [2.45, 2.75) is 38.6 Å². The Bertz CT molecular complexity index is 1210. The van der Waals surface area contributed by atoms with Gasteiger partial charge < -0.3 is 10.2 Å². The van der Waals surface area contributed by atoms with Crippen LogP contribution in [0, 0.1) is 11.3 Å². The summed E-state index contributed by atoms with van der Waals surface area (Å²) >= 11 is 0. The summed E-state index contributed by atoms with van der Waals surface area (Å²) in [6, 6.07) is 12.1. The molecule has 168 valence electrons. The monoisotopic (exact) mass is 441 g/mol. The zero-order valence-electron chi connectivity index (χ0n) is 18.5. The molecule has 3 heterocycles. The third kappa shape index (κ3) is 3.34. The van der Waals surface area contributed by atoms with Crippen LogP contribution in [0.2, 0.25) is 0 Å². The van der Waals surface area contributed by atoms with Crippen molar-refractivity contribution in [1.29, 1.82) is 0 Å². The molecule has 3 aromatic rings. The standard InChI is InChI=1S/C26H27N5O2/c32-24(28-14-17-5-3-12-27-13-17)21-15-31(16-26(21)10-4-11-26)25(33)23-20-9-8-18-6-1-2-7-19(18)22(20)29-30-23/h1-3,5-7,12-13,21H,4,8-11,14-16H2,(H,28,32)(H,29,30). The molecule has 1 spiro atoms. The number of fused-ring (bicyclic) bond motifs is 3. The number of rotatable bonds is 4. The number of hydrogen-bond donors (Lipinski definition) is 2. The molecular weight excluding hydrogens is 414 g/mol. The molecule has 33 heavy (non-hydrogen) atoms. The number of nitrogens with zero attached hydrogens (tertiary/aromatic N) is 3. The summed E-state index contributed by atoms with van der Waals surface area (Å²) in [5, 5.41) is 10.6. The minimum atomic E-state index is -0.175. The molecule has 7 heteroatoms. The van der Waals surface area contributed by atoms with Crippen LogP contribution in [0.4, 0.5) is 0 Å². The van der Waals surface area contributed by atoms with E-state index in [1.54, 1.807) is 12.4 Å². The lowest BCUT2D eigenvalue weighted by Gasteiger charge is -2.41. The van der Waals surface area contributed by atoms with Gasteiger partial charge in [0.2, 0.25) is 5.91 Å². The number of nitrogens with one attached hydrogen (secondary N) is 2. The Morgan fingerprint density at radius 3 is 2.82 bits per heavy atom. The zero-order chi connectivity index (χ0) is 22.4. The van der Waals surface area contributed by atoms with Crippen LogP contribution in [0.15, 0.2) is 48.8 Å². The number of pyridine rings is 1. The predicted octanol–water partition coefficient (Wildman–Crippen LogP) is 3.13. The number of aromatic amines is 1. The molecule has 2 fully saturated rings. The van der Waals surface area contributed by atoms with Gasteiger partial charge in [-0.1, -0.05) is 36.8 Å². The Kier molecular flexibility index (Phi) is 4.78. The molecule has 1 atom stereocenters. The zero-order valence-corrected chi connectivity index (χ0v) is 18.5. The number of H-pyrrole nitrogens is 1. The molecule has 0 bridgehead atoms. The molecule has 1 unspecified atom stereocenters. The molecule has 1 saturated carbocycles. The van der Waals surface area contributed by atoms with Crippen molar-refractivity contribution in [2.24, 2.45) is 11.3 Å². The number of benzene rings is 1. The minimum Gasteiger partial charge on any atom is -0.352 e. The van der Waals surface area contributed by atoms with Crippen molar-refractivity contribution in [3.8, 4) is 11.3 Å². The van der Waals surface area contributed by atoms with Gasteiger partial charge in [-0.25, -0.2) is 0 Å². The maximum absolute atomic E-state index is 13.6. The number of aryl methyl sites for hydroxylation is 1. The normalized spacial score (nSPS) is 20.1. The van der Waals surface area contributed by atoms with Gasteiger partial charge in [0.05, 0.1) is 11.6 Å². The van der Waals surface area contributed by atoms with Crippen molar-refractivity contribution >= 4 is 11.8 Å². The quantitative estimate of drug-likeness (QED) is 0.651. The summed E-state index contributed by atoms with van der Waals surface area (Å²) in [6.07, 6.45) is 8.31. The van der Waals surface area contributed by atoms with Crippen molar-refractivity contribution in [3.63, 3.8) is 0 Å². The van der Waals surface area contributed by atoms with Gasteiger partial charge in [0.25, 0.3) is 5.91 Å². The van der Waals surface area contributed by atoms with Crippen LogP contribution < -0.4 is 5.32 Å². The van der Waals surface area contributed by atoms with Gasteiger partial charge >= 0.3 is 0 Å². The molecule has 1 saturated heterocycles. The first kappa shape index (κ1) is 20.1. The van der Waals surface area contributed by atoms with Gasteiger partial charge in [-0.05, 0) is 42.9 Å². The molecule has 3 aliphatic rings. The lowest BCUT2D eigenvalue weighted by atomic mass is 9.62. The Hall–Kier alpha value is -3.48. The van der Waals surface area contributed by atoms with E-state index in [1.807, 2.05) is 29.2 Å². The average molecular weight is 442 g/mol. The number of hydrogen-bond acceptors (Lipinski definition) is 4. The summed E-state index contributed by atoms with van der Waals surface area (Å²) in [6.45, 7) is 1.56. The Morgan fingerprint density at radius 2 is 2.03 bits per heavy atom. The van der Waals surface area contributed by atoms with E-state index in [2.05, 4.69) is 32.6 Å². The summed E-state index contributed by atoms with van der Waals surface area (Å²) in [7, 11) is 0. The molecule has 2 aliphatic carbocycles. The van der Waals surface area contributed by atoms with Crippen LogP contribution in [-0.2, 0) is 24.2 Å². The van der Waals surface area contributed by atoms with E-state index < -0.39 is 0 Å². The van der Waals surface area contributed by atoms with Crippen molar-refractivity contribution < 1.29 is 9.59 Å². The van der Waals surface area contributed by atoms with Crippen LogP contribution in [0.3, 0.4) is 0 Å². The molecule has 0 radical (unpaired) electrons. The fourth-order valence-corrected chi connectivity index (χ4v) is 5.83. The number of likely N-dealkylation sites (tertiary alicyclic amines) is 1. The molecule has 2 N–H and O–H groups in total. The molecular formula is C26H27N5O2. The van der Waals surface area contributed by atoms with Crippen LogP contribution in [0.1, 0.15) is 46.4 Å². The van der Waals surface area contributed by atoms with Gasteiger partial charge in [0.1, 0.15) is 5.69 Å². The first-order valence-corrected chi connectivity index (χ1v) is 11.8. The van der Waals surface area contributed by atoms with E-state index in [0.717, 1.165) is 54.5 Å². The Labute approximate surface area is 192 Å². The SMILES string of the molecule is O=C(NCc1cccnc1)C1CN(C(=O)c2[nH]nc3c2CCc2ccccc2-3)CC12CCC2. The minimum absolute atomic E-state index is 0.0306. The highest BCUT2D eigenvalue weighted by Gasteiger charge is 2.54. The third-order valence-corrected chi connectivity index (χ3v) is 7.79. The van der Waals surface area contributed by atoms with E-state index >= 15 is 0 Å². The third-order valence-electron chi connectivity index (χ3n) is 7.79. The Balaban J connectivity index is 1.21. The number of aromatic nitrogens is 3. The topological polar surface area (TPSA) is 91.0 Å². The number of carbonyl (C=O) groups is 2. The van der Waals surface area contributed by atoms with Crippen molar-refractivity contribution in [2.75, 3.05) is 13.1 Å². The van der Waals surface area contributed by atoms with E-state index in [4.69, 9.17) is 0 Å². The largest absolute Gasteiger partial charge is 0.352 e. The van der Waals surface area contributed by atoms with Crippen LogP contribution in [0.25, 0.3) is 11.3 Å². The van der Waals surface area contributed by atoms with Gasteiger partial charge in [0.15, 0.2) is 0 Å². The smallest absolute Gasteiger partial charge is 0.272 e. The molecule has 1 aromatic carbocycles. The second-order valence-corrected chi connectivity index (χ2v) is 9.62. The highest BCUT2D eigenvalue weighted by Crippen LogP contribution is 2.52. The lowest BCUT2D eigenvalue weighted by molar-refractivity contribution is -0.129.